The Labute approximate surface area is 199 Å². The number of imide groups is 1. The molecule has 0 spiro atoms. The van der Waals surface area contributed by atoms with Gasteiger partial charge in [0, 0.05) is 31.9 Å². The van der Waals surface area contributed by atoms with Crippen molar-refractivity contribution in [2.75, 3.05) is 44.7 Å². The van der Waals surface area contributed by atoms with Crippen molar-refractivity contribution < 1.29 is 19.1 Å². The fourth-order valence-corrected chi connectivity index (χ4v) is 4.46. The molecule has 0 aromatic heterocycles. The lowest BCUT2D eigenvalue weighted by Gasteiger charge is -2.36. The molecule has 0 bridgehead atoms. The predicted octanol–water partition coefficient (Wildman–Crippen LogP) is 1.93. The molecule has 9 heteroatoms. The van der Waals surface area contributed by atoms with Gasteiger partial charge in [0.1, 0.15) is 11.3 Å². The van der Waals surface area contributed by atoms with Crippen LogP contribution in [0.5, 0.6) is 5.75 Å². The van der Waals surface area contributed by atoms with E-state index in [1.54, 1.807) is 31.2 Å². The lowest BCUT2D eigenvalue weighted by Crippen LogP contribution is -2.53. The third-order valence-corrected chi connectivity index (χ3v) is 6.73. The second-order valence-corrected chi connectivity index (χ2v) is 8.94. The maximum absolute atomic E-state index is 13.1. The molecule has 2 aromatic carbocycles. The van der Waals surface area contributed by atoms with Crippen LogP contribution in [0.3, 0.4) is 0 Å². The highest BCUT2D eigenvalue weighted by Gasteiger charge is 2.50. The number of benzene rings is 2. The normalized spacial score (nSPS) is 20.9. The number of amides is 4. The Morgan fingerprint density at radius 3 is 2.50 bits per heavy atom. The number of anilines is 1. The molecule has 2 aliphatic heterocycles. The first-order valence-electron chi connectivity index (χ1n) is 11.4. The van der Waals surface area contributed by atoms with Crippen LogP contribution in [0.4, 0.5) is 10.5 Å². The molecular formula is C25H31N5O4. The Morgan fingerprint density at radius 2 is 1.79 bits per heavy atom. The molecule has 34 heavy (non-hydrogen) atoms. The maximum Gasteiger partial charge on any atom is 0.344 e. The molecular weight excluding hydrogens is 434 g/mol. The van der Waals surface area contributed by atoms with Gasteiger partial charge in [0.15, 0.2) is 0 Å². The van der Waals surface area contributed by atoms with E-state index >= 15 is 0 Å². The maximum atomic E-state index is 13.1. The molecule has 2 saturated heterocycles. The molecule has 4 rings (SSSR count). The number of methoxy groups -OCH3 is 1. The van der Waals surface area contributed by atoms with Crippen LogP contribution in [0.25, 0.3) is 0 Å². The average Bonchev–Trinajstić information content (AvgIpc) is 3.05. The number of ether oxygens (including phenoxy) is 1. The highest BCUT2D eigenvalue weighted by atomic mass is 16.5. The van der Waals surface area contributed by atoms with E-state index in [2.05, 4.69) is 47.7 Å². The van der Waals surface area contributed by atoms with Crippen molar-refractivity contribution in [3.63, 3.8) is 0 Å². The van der Waals surface area contributed by atoms with E-state index in [0.717, 1.165) is 18.1 Å². The Balaban J connectivity index is 1.35. The number of piperazine rings is 1. The van der Waals surface area contributed by atoms with E-state index in [9.17, 15) is 14.4 Å². The molecule has 2 aromatic rings. The van der Waals surface area contributed by atoms with E-state index in [4.69, 9.17) is 4.74 Å². The molecule has 2 heterocycles. The minimum absolute atomic E-state index is 0.105. The second-order valence-electron chi connectivity index (χ2n) is 8.94. The SMILES string of the molecule is COc1cccc([C@]2(C)NC(=O)N(NC(=O)CN3CCN(c4cccc(C)c4C)CC3)C2=O)c1. The quantitative estimate of drug-likeness (QED) is 0.634. The van der Waals surface area contributed by atoms with E-state index in [1.807, 2.05) is 4.90 Å². The van der Waals surface area contributed by atoms with Crippen LogP contribution in [0.15, 0.2) is 42.5 Å². The molecule has 0 unspecified atom stereocenters. The molecule has 1 atom stereocenters. The van der Waals surface area contributed by atoms with Gasteiger partial charge in [-0.1, -0.05) is 24.3 Å². The van der Waals surface area contributed by atoms with Crippen LogP contribution >= 0.6 is 0 Å². The average molecular weight is 466 g/mol. The number of rotatable bonds is 6. The topological polar surface area (TPSA) is 94.2 Å². The van der Waals surface area contributed by atoms with E-state index in [-0.39, 0.29) is 6.54 Å². The van der Waals surface area contributed by atoms with Crippen molar-refractivity contribution in [1.29, 1.82) is 0 Å². The Morgan fingerprint density at radius 1 is 1.09 bits per heavy atom. The molecule has 9 nitrogen and oxygen atoms in total. The van der Waals surface area contributed by atoms with Crippen molar-refractivity contribution in [2.45, 2.75) is 26.3 Å². The Hall–Kier alpha value is -3.59. The summed E-state index contributed by atoms with van der Waals surface area (Å²) >= 11 is 0. The molecule has 180 valence electrons. The van der Waals surface area contributed by atoms with Crippen molar-refractivity contribution in [2.24, 2.45) is 0 Å². The standard InChI is InChI=1S/C25H31N5O4/c1-17-7-5-10-21(18(17)2)29-13-11-28(12-14-29)16-22(31)27-30-23(32)25(3,26-24(30)33)19-8-6-9-20(15-19)34-4/h5-10,15H,11-14,16H2,1-4H3,(H,26,33)(H,27,31)/t25-/m0/s1. The van der Waals surface area contributed by atoms with Crippen LogP contribution in [0.1, 0.15) is 23.6 Å². The van der Waals surface area contributed by atoms with Crippen LogP contribution < -0.4 is 20.4 Å². The Bertz CT molecular complexity index is 1110. The first-order chi connectivity index (χ1) is 16.2. The zero-order chi connectivity index (χ0) is 24.5. The van der Waals surface area contributed by atoms with Gasteiger partial charge in [0.05, 0.1) is 13.7 Å². The molecule has 4 amide bonds. The summed E-state index contributed by atoms with van der Waals surface area (Å²) in [5.41, 5.74) is 5.51. The molecule has 0 aliphatic carbocycles. The zero-order valence-corrected chi connectivity index (χ0v) is 20.1. The number of nitrogens with one attached hydrogen (secondary N) is 2. The number of hydrazine groups is 1. The number of hydrogen-bond acceptors (Lipinski definition) is 6. The fourth-order valence-electron chi connectivity index (χ4n) is 4.46. The first kappa shape index (κ1) is 23.6. The number of carbonyl (C=O) groups excluding carboxylic acids is 3. The molecule has 2 N–H and O–H groups in total. The van der Waals surface area contributed by atoms with Crippen LogP contribution in [-0.4, -0.2) is 67.6 Å². The van der Waals surface area contributed by atoms with Crippen LogP contribution in [-0.2, 0) is 15.1 Å². The summed E-state index contributed by atoms with van der Waals surface area (Å²) in [5.74, 6) is -0.374. The van der Waals surface area contributed by atoms with Gasteiger partial charge in [-0.3, -0.25) is 19.9 Å². The van der Waals surface area contributed by atoms with Gasteiger partial charge in [0.25, 0.3) is 11.8 Å². The van der Waals surface area contributed by atoms with Gasteiger partial charge in [-0.05, 0) is 55.7 Å². The van der Waals surface area contributed by atoms with Gasteiger partial charge >= 0.3 is 6.03 Å². The number of hydrogen-bond donors (Lipinski definition) is 2. The van der Waals surface area contributed by atoms with E-state index in [1.165, 1.54) is 23.9 Å². The summed E-state index contributed by atoms with van der Waals surface area (Å²) in [6, 6.07) is 12.6. The minimum atomic E-state index is -1.30. The minimum Gasteiger partial charge on any atom is -0.497 e. The molecule has 2 fully saturated rings. The van der Waals surface area contributed by atoms with Crippen molar-refractivity contribution >= 4 is 23.5 Å². The molecule has 2 aliphatic rings. The van der Waals surface area contributed by atoms with Gasteiger partial charge in [-0.25, -0.2) is 4.79 Å². The summed E-state index contributed by atoms with van der Waals surface area (Å²) in [6.45, 7) is 8.97. The summed E-state index contributed by atoms with van der Waals surface area (Å²) < 4.78 is 5.23. The smallest absolute Gasteiger partial charge is 0.344 e. The lowest BCUT2D eigenvalue weighted by atomic mass is 9.92. The zero-order valence-electron chi connectivity index (χ0n) is 20.1. The number of nitrogens with zero attached hydrogens (tertiary/aromatic N) is 3. The Kier molecular flexibility index (Phi) is 6.47. The number of urea groups is 1. The highest BCUT2D eigenvalue weighted by Crippen LogP contribution is 2.30. The molecule has 0 radical (unpaired) electrons. The summed E-state index contributed by atoms with van der Waals surface area (Å²) in [4.78, 5) is 42.7. The number of aryl methyl sites for hydroxylation is 1. The predicted molar refractivity (Wildman–Crippen MR) is 128 cm³/mol. The largest absolute Gasteiger partial charge is 0.497 e. The van der Waals surface area contributed by atoms with Crippen molar-refractivity contribution in [1.82, 2.24) is 20.7 Å². The van der Waals surface area contributed by atoms with E-state index < -0.39 is 23.4 Å². The third-order valence-electron chi connectivity index (χ3n) is 6.73. The monoisotopic (exact) mass is 465 g/mol. The van der Waals surface area contributed by atoms with Crippen LogP contribution in [0, 0.1) is 13.8 Å². The van der Waals surface area contributed by atoms with Crippen molar-refractivity contribution in [3.8, 4) is 5.75 Å². The molecule has 0 saturated carbocycles. The second kappa shape index (κ2) is 9.34. The van der Waals surface area contributed by atoms with Crippen molar-refractivity contribution in [3.05, 3.63) is 59.2 Å². The first-order valence-corrected chi connectivity index (χ1v) is 11.4. The van der Waals surface area contributed by atoms with Gasteiger partial charge in [-0.2, -0.15) is 5.01 Å². The number of carbonyl (C=O) groups is 3. The van der Waals surface area contributed by atoms with Crippen LogP contribution in [0.2, 0.25) is 0 Å². The highest BCUT2D eigenvalue weighted by molar-refractivity contribution is 6.08. The summed E-state index contributed by atoms with van der Waals surface area (Å²) in [7, 11) is 1.53. The fraction of sp³-hybridized carbons (Fsp3) is 0.400. The van der Waals surface area contributed by atoms with Gasteiger partial charge in [0.2, 0.25) is 0 Å². The summed E-state index contributed by atoms with van der Waals surface area (Å²) in [6.07, 6.45) is 0. The lowest BCUT2D eigenvalue weighted by molar-refractivity contribution is -0.139. The summed E-state index contributed by atoms with van der Waals surface area (Å²) in [5, 5.41) is 3.46. The van der Waals surface area contributed by atoms with Gasteiger partial charge in [-0.15, -0.1) is 0 Å². The third kappa shape index (κ3) is 4.43. The van der Waals surface area contributed by atoms with E-state index in [0.29, 0.717) is 24.4 Å². The van der Waals surface area contributed by atoms with Gasteiger partial charge < -0.3 is 15.0 Å².